The van der Waals surface area contributed by atoms with E-state index in [-0.39, 0.29) is 18.4 Å². The van der Waals surface area contributed by atoms with E-state index in [1.165, 1.54) is 6.92 Å². The summed E-state index contributed by atoms with van der Waals surface area (Å²) < 4.78 is 0.826. The van der Waals surface area contributed by atoms with Gasteiger partial charge in [-0.3, -0.25) is 9.59 Å². The number of anilines is 1. The lowest BCUT2D eigenvalue weighted by atomic mass is 10.4. The van der Waals surface area contributed by atoms with Gasteiger partial charge in [-0.25, -0.2) is 4.98 Å². The minimum atomic E-state index is -0.309. The molecule has 2 N–H and O–H groups in total. The summed E-state index contributed by atoms with van der Waals surface area (Å²) in [6.45, 7) is 1.30. The molecule has 1 heterocycles. The van der Waals surface area contributed by atoms with Crippen LogP contribution in [0.2, 0.25) is 0 Å². The molecule has 2 amide bonds. The number of aromatic nitrogens is 1. The highest BCUT2D eigenvalue weighted by Crippen LogP contribution is 2.12. The first-order chi connectivity index (χ1) is 7.08. The largest absolute Gasteiger partial charge is 0.347 e. The molecule has 0 aliphatic rings. The fourth-order valence-electron chi connectivity index (χ4n) is 0.865. The zero-order valence-electron chi connectivity index (χ0n) is 8.08. The highest BCUT2D eigenvalue weighted by Gasteiger charge is 2.03. The molecule has 15 heavy (non-hydrogen) atoms. The van der Waals surface area contributed by atoms with Crippen LogP contribution in [0.15, 0.2) is 22.8 Å². The van der Waals surface area contributed by atoms with Crippen molar-refractivity contribution in [1.29, 1.82) is 0 Å². The van der Waals surface area contributed by atoms with Crippen LogP contribution in [0.5, 0.6) is 0 Å². The standard InChI is InChI=1S/C9H10BrN3O2/c1-6(14)12-5-9(15)13-8-4-7(10)2-3-11-8/h2-4H,5H2,1H3,(H,12,14)(H,11,13,15). The molecule has 80 valence electrons. The summed E-state index contributed by atoms with van der Waals surface area (Å²) in [5, 5.41) is 4.93. The Morgan fingerprint density at radius 1 is 1.53 bits per heavy atom. The molecule has 0 unspecified atom stereocenters. The fourth-order valence-corrected chi connectivity index (χ4v) is 1.20. The van der Waals surface area contributed by atoms with Crippen LogP contribution in [-0.4, -0.2) is 23.3 Å². The Balaban J connectivity index is 2.48. The third kappa shape index (κ3) is 4.55. The first-order valence-corrected chi connectivity index (χ1v) is 5.03. The van der Waals surface area contributed by atoms with E-state index in [4.69, 9.17) is 0 Å². The maximum Gasteiger partial charge on any atom is 0.244 e. The van der Waals surface area contributed by atoms with Crippen LogP contribution in [0, 0.1) is 0 Å². The van der Waals surface area contributed by atoms with Gasteiger partial charge in [-0.1, -0.05) is 15.9 Å². The van der Waals surface area contributed by atoms with Gasteiger partial charge in [-0.2, -0.15) is 0 Å². The lowest BCUT2D eigenvalue weighted by Crippen LogP contribution is -2.31. The molecule has 0 radical (unpaired) electrons. The van der Waals surface area contributed by atoms with Crippen molar-refractivity contribution in [3.05, 3.63) is 22.8 Å². The SMILES string of the molecule is CC(=O)NCC(=O)Nc1cc(Br)ccn1. The van der Waals surface area contributed by atoms with Gasteiger partial charge in [0.25, 0.3) is 0 Å². The molecule has 0 aliphatic heterocycles. The molecule has 1 rings (SSSR count). The second kappa shape index (κ2) is 5.45. The first kappa shape index (κ1) is 11.6. The molecule has 0 atom stereocenters. The average molecular weight is 272 g/mol. The summed E-state index contributed by atoms with van der Waals surface area (Å²) in [6.07, 6.45) is 1.57. The molecule has 1 aromatic heterocycles. The van der Waals surface area contributed by atoms with E-state index in [1.807, 2.05) is 0 Å². The highest BCUT2D eigenvalue weighted by atomic mass is 79.9. The average Bonchev–Trinajstić information content (AvgIpc) is 2.15. The number of amides is 2. The number of carbonyl (C=O) groups is 2. The van der Waals surface area contributed by atoms with Crippen molar-refractivity contribution >= 4 is 33.6 Å². The van der Waals surface area contributed by atoms with Crippen LogP contribution in [0.4, 0.5) is 5.82 Å². The number of rotatable bonds is 3. The van der Waals surface area contributed by atoms with Crippen LogP contribution in [0.1, 0.15) is 6.92 Å². The van der Waals surface area contributed by atoms with Crippen molar-refractivity contribution < 1.29 is 9.59 Å². The normalized spacial score (nSPS) is 9.47. The molecule has 5 nitrogen and oxygen atoms in total. The summed E-state index contributed by atoms with van der Waals surface area (Å²) in [5.74, 6) is -0.108. The molecule has 0 spiro atoms. The Hall–Kier alpha value is -1.43. The van der Waals surface area contributed by atoms with Gasteiger partial charge in [0.2, 0.25) is 11.8 Å². The Kier molecular flexibility index (Phi) is 4.23. The second-order valence-corrected chi connectivity index (χ2v) is 3.73. The van der Waals surface area contributed by atoms with Gasteiger partial charge in [-0.15, -0.1) is 0 Å². The van der Waals surface area contributed by atoms with Gasteiger partial charge >= 0.3 is 0 Å². The van der Waals surface area contributed by atoms with Crippen LogP contribution < -0.4 is 10.6 Å². The Morgan fingerprint density at radius 2 is 2.27 bits per heavy atom. The maximum atomic E-state index is 11.2. The fraction of sp³-hybridized carbons (Fsp3) is 0.222. The van der Waals surface area contributed by atoms with E-state index in [0.29, 0.717) is 5.82 Å². The number of pyridine rings is 1. The number of hydrogen-bond donors (Lipinski definition) is 2. The summed E-state index contributed by atoms with van der Waals surface area (Å²) in [5.41, 5.74) is 0. The molecule has 0 aromatic carbocycles. The van der Waals surface area contributed by atoms with Crippen LogP contribution in [-0.2, 0) is 9.59 Å². The van der Waals surface area contributed by atoms with Crippen molar-refractivity contribution in [2.75, 3.05) is 11.9 Å². The number of hydrogen-bond acceptors (Lipinski definition) is 3. The lowest BCUT2D eigenvalue weighted by Gasteiger charge is -2.04. The second-order valence-electron chi connectivity index (χ2n) is 2.82. The quantitative estimate of drug-likeness (QED) is 0.859. The maximum absolute atomic E-state index is 11.2. The number of nitrogens with one attached hydrogen (secondary N) is 2. The minimum absolute atomic E-state index is 0.0521. The van der Waals surface area contributed by atoms with E-state index in [2.05, 4.69) is 31.5 Å². The van der Waals surface area contributed by atoms with Crippen molar-refractivity contribution in [2.24, 2.45) is 0 Å². The monoisotopic (exact) mass is 271 g/mol. The van der Waals surface area contributed by atoms with Crippen molar-refractivity contribution in [2.45, 2.75) is 6.92 Å². The summed E-state index contributed by atoms with van der Waals surface area (Å²) in [6, 6.07) is 3.43. The lowest BCUT2D eigenvalue weighted by molar-refractivity contribution is -0.122. The first-order valence-electron chi connectivity index (χ1n) is 4.24. The number of nitrogens with zero attached hydrogens (tertiary/aromatic N) is 1. The summed E-state index contributed by atoms with van der Waals surface area (Å²) >= 11 is 3.25. The Bertz CT molecular complexity index is 381. The van der Waals surface area contributed by atoms with Crippen LogP contribution in [0.3, 0.4) is 0 Å². The molecule has 0 fully saturated rings. The van der Waals surface area contributed by atoms with Gasteiger partial charge in [-0.05, 0) is 12.1 Å². The number of carbonyl (C=O) groups excluding carboxylic acids is 2. The van der Waals surface area contributed by atoms with E-state index < -0.39 is 0 Å². The van der Waals surface area contributed by atoms with E-state index in [0.717, 1.165) is 4.47 Å². The van der Waals surface area contributed by atoms with Crippen molar-refractivity contribution in [1.82, 2.24) is 10.3 Å². The van der Waals surface area contributed by atoms with Gasteiger partial charge in [0.15, 0.2) is 0 Å². The van der Waals surface area contributed by atoms with Gasteiger partial charge < -0.3 is 10.6 Å². The Morgan fingerprint density at radius 3 is 2.87 bits per heavy atom. The van der Waals surface area contributed by atoms with Gasteiger partial charge in [0, 0.05) is 17.6 Å². The molecule has 6 heteroatoms. The summed E-state index contributed by atoms with van der Waals surface area (Å²) in [7, 11) is 0. The van der Waals surface area contributed by atoms with Gasteiger partial charge in [0.1, 0.15) is 5.82 Å². The summed E-state index contributed by atoms with van der Waals surface area (Å²) in [4.78, 5) is 25.7. The van der Waals surface area contributed by atoms with Crippen LogP contribution >= 0.6 is 15.9 Å². The molecular weight excluding hydrogens is 262 g/mol. The van der Waals surface area contributed by atoms with E-state index in [9.17, 15) is 9.59 Å². The van der Waals surface area contributed by atoms with E-state index >= 15 is 0 Å². The zero-order chi connectivity index (χ0) is 11.3. The molecule has 0 aliphatic carbocycles. The van der Waals surface area contributed by atoms with Crippen LogP contribution in [0.25, 0.3) is 0 Å². The predicted octanol–water partition coefficient (Wildman–Crippen LogP) is 0.919. The topological polar surface area (TPSA) is 71.1 Å². The zero-order valence-corrected chi connectivity index (χ0v) is 9.67. The molecule has 0 bridgehead atoms. The molecule has 0 saturated carbocycles. The third-order valence-electron chi connectivity index (χ3n) is 1.49. The molecular formula is C9H10BrN3O2. The smallest absolute Gasteiger partial charge is 0.244 e. The van der Waals surface area contributed by atoms with Gasteiger partial charge in [0.05, 0.1) is 6.54 Å². The van der Waals surface area contributed by atoms with Crippen molar-refractivity contribution in [3.63, 3.8) is 0 Å². The van der Waals surface area contributed by atoms with Crippen molar-refractivity contribution in [3.8, 4) is 0 Å². The Labute approximate surface area is 95.4 Å². The predicted molar refractivity (Wildman–Crippen MR) is 59.3 cm³/mol. The number of halogens is 1. The third-order valence-corrected chi connectivity index (χ3v) is 1.98. The molecule has 0 saturated heterocycles. The minimum Gasteiger partial charge on any atom is -0.347 e. The molecule has 1 aromatic rings. The van der Waals surface area contributed by atoms with E-state index in [1.54, 1.807) is 18.3 Å². The highest BCUT2D eigenvalue weighted by molar-refractivity contribution is 9.10.